The standard InChI is InChI=1S/C20H27NO/c1-2-21-18-12-11-15(14-7-4-3-5-8-14)13-17(18)16-9-6-10-19(22)20(16)21/h11-14,19,22H,2-10H2,1H3/t19-/m1/s1. The van der Waals surface area contributed by atoms with Gasteiger partial charge in [-0.1, -0.05) is 25.3 Å². The van der Waals surface area contributed by atoms with E-state index in [2.05, 4.69) is 29.7 Å². The number of rotatable bonds is 2. The minimum Gasteiger partial charge on any atom is -0.387 e. The molecule has 4 rings (SSSR count). The van der Waals surface area contributed by atoms with Crippen molar-refractivity contribution in [3.63, 3.8) is 0 Å². The first-order valence-corrected chi connectivity index (χ1v) is 9.12. The summed E-state index contributed by atoms with van der Waals surface area (Å²) in [6.07, 6.45) is 9.77. The van der Waals surface area contributed by atoms with E-state index in [-0.39, 0.29) is 6.10 Å². The Bertz CT molecular complexity index is 679. The van der Waals surface area contributed by atoms with Gasteiger partial charge in [-0.15, -0.1) is 0 Å². The molecule has 1 saturated carbocycles. The second-order valence-corrected chi connectivity index (χ2v) is 7.13. The molecule has 0 saturated heterocycles. The van der Waals surface area contributed by atoms with Crippen LogP contribution in [-0.2, 0) is 13.0 Å². The Morgan fingerprint density at radius 1 is 1.09 bits per heavy atom. The predicted molar refractivity (Wildman–Crippen MR) is 91.3 cm³/mol. The minimum atomic E-state index is -0.269. The number of nitrogens with zero attached hydrogens (tertiary/aromatic N) is 1. The quantitative estimate of drug-likeness (QED) is 0.821. The predicted octanol–water partition coefficient (Wildman–Crippen LogP) is 5.08. The van der Waals surface area contributed by atoms with Gasteiger partial charge in [0.2, 0.25) is 0 Å². The van der Waals surface area contributed by atoms with Gasteiger partial charge in [-0.25, -0.2) is 0 Å². The molecule has 1 fully saturated rings. The highest BCUT2D eigenvalue weighted by Gasteiger charge is 2.26. The molecule has 0 amide bonds. The van der Waals surface area contributed by atoms with Crippen LogP contribution in [0.4, 0.5) is 0 Å². The molecule has 2 heteroatoms. The maximum atomic E-state index is 10.5. The van der Waals surface area contributed by atoms with Gasteiger partial charge in [0.15, 0.2) is 0 Å². The average Bonchev–Trinajstić information content (AvgIpc) is 2.90. The number of benzene rings is 1. The molecule has 22 heavy (non-hydrogen) atoms. The molecule has 0 radical (unpaired) electrons. The van der Waals surface area contributed by atoms with Gasteiger partial charge in [0, 0.05) is 17.4 Å². The van der Waals surface area contributed by atoms with E-state index in [1.165, 1.54) is 59.8 Å². The summed E-state index contributed by atoms with van der Waals surface area (Å²) < 4.78 is 2.35. The van der Waals surface area contributed by atoms with Crippen molar-refractivity contribution < 1.29 is 5.11 Å². The number of aliphatic hydroxyl groups is 1. The maximum Gasteiger partial charge on any atom is 0.0943 e. The van der Waals surface area contributed by atoms with Crippen LogP contribution in [0, 0.1) is 0 Å². The largest absolute Gasteiger partial charge is 0.387 e. The summed E-state index contributed by atoms with van der Waals surface area (Å²) in [6, 6.07) is 7.12. The number of aromatic nitrogens is 1. The van der Waals surface area contributed by atoms with E-state index in [0.29, 0.717) is 0 Å². The lowest BCUT2D eigenvalue weighted by Gasteiger charge is -2.22. The summed E-state index contributed by atoms with van der Waals surface area (Å²) in [4.78, 5) is 0. The number of hydrogen-bond donors (Lipinski definition) is 1. The Morgan fingerprint density at radius 2 is 1.91 bits per heavy atom. The average molecular weight is 297 g/mol. The van der Waals surface area contributed by atoms with Gasteiger partial charge in [0.1, 0.15) is 0 Å². The molecule has 0 bridgehead atoms. The highest BCUT2D eigenvalue weighted by Crippen LogP contribution is 2.40. The van der Waals surface area contributed by atoms with Crippen LogP contribution in [0.25, 0.3) is 10.9 Å². The number of hydrogen-bond acceptors (Lipinski definition) is 1. The van der Waals surface area contributed by atoms with E-state index in [1.54, 1.807) is 0 Å². The lowest BCUT2D eigenvalue weighted by atomic mass is 9.83. The van der Waals surface area contributed by atoms with Crippen molar-refractivity contribution in [1.82, 2.24) is 4.57 Å². The van der Waals surface area contributed by atoms with Gasteiger partial charge < -0.3 is 9.67 Å². The molecule has 1 aromatic carbocycles. The molecule has 2 nitrogen and oxygen atoms in total. The maximum absolute atomic E-state index is 10.5. The van der Waals surface area contributed by atoms with Crippen molar-refractivity contribution in [2.45, 2.75) is 76.9 Å². The van der Waals surface area contributed by atoms with E-state index in [0.717, 1.165) is 31.7 Å². The Labute approximate surface area is 133 Å². The normalized spacial score (nSPS) is 22.9. The first kappa shape index (κ1) is 14.3. The Kier molecular flexibility index (Phi) is 3.73. The first-order chi connectivity index (χ1) is 10.8. The second kappa shape index (κ2) is 5.73. The highest BCUT2D eigenvalue weighted by molar-refractivity contribution is 5.87. The van der Waals surface area contributed by atoms with Gasteiger partial charge in [0.05, 0.1) is 11.8 Å². The molecule has 1 atom stereocenters. The highest BCUT2D eigenvalue weighted by atomic mass is 16.3. The van der Waals surface area contributed by atoms with Crippen molar-refractivity contribution >= 4 is 10.9 Å². The minimum absolute atomic E-state index is 0.269. The van der Waals surface area contributed by atoms with Crippen molar-refractivity contribution in [1.29, 1.82) is 0 Å². The molecule has 2 aliphatic carbocycles. The van der Waals surface area contributed by atoms with E-state index < -0.39 is 0 Å². The molecular weight excluding hydrogens is 270 g/mol. The first-order valence-electron chi connectivity index (χ1n) is 9.12. The summed E-state index contributed by atoms with van der Waals surface area (Å²) in [5, 5.41) is 11.9. The van der Waals surface area contributed by atoms with Gasteiger partial charge in [-0.3, -0.25) is 0 Å². The molecule has 0 aliphatic heterocycles. The molecule has 118 valence electrons. The summed E-state index contributed by atoms with van der Waals surface area (Å²) >= 11 is 0. The van der Waals surface area contributed by atoms with Crippen molar-refractivity contribution in [3.8, 4) is 0 Å². The van der Waals surface area contributed by atoms with Crippen molar-refractivity contribution in [2.24, 2.45) is 0 Å². The molecule has 1 heterocycles. The third kappa shape index (κ3) is 2.20. The zero-order chi connectivity index (χ0) is 15.1. The molecule has 1 N–H and O–H groups in total. The van der Waals surface area contributed by atoms with E-state index in [1.807, 2.05) is 0 Å². The second-order valence-electron chi connectivity index (χ2n) is 7.13. The smallest absolute Gasteiger partial charge is 0.0943 e. The van der Waals surface area contributed by atoms with Crippen LogP contribution in [0.2, 0.25) is 0 Å². The number of fused-ring (bicyclic) bond motifs is 3. The van der Waals surface area contributed by atoms with Crippen LogP contribution < -0.4 is 0 Å². The third-order valence-corrected chi connectivity index (χ3v) is 5.85. The van der Waals surface area contributed by atoms with Crippen molar-refractivity contribution in [2.75, 3.05) is 0 Å². The summed E-state index contributed by atoms with van der Waals surface area (Å²) in [5.41, 5.74) is 5.48. The number of aliphatic hydroxyl groups excluding tert-OH is 1. The van der Waals surface area contributed by atoms with Crippen LogP contribution in [0.3, 0.4) is 0 Å². The Balaban J connectivity index is 1.85. The van der Waals surface area contributed by atoms with Crippen LogP contribution in [0.15, 0.2) is 18.2 Å². The van der Waals surface area contributed by atoms with Crippen LogP contribution in [0.1, 0.15) is 80.7 Å². The van der Waals surface area contributed by atoms with Gasteiger partial charge in [0.25, 0.3) is 0 Å². The molecule has 1 aromatic heterocycles. The van der Waals surface area contributed by atoms with Gasteiger partial charge in [-0.2, -0.15) is 0 Å². The third-order valence-electron chi connectivity index (χ3n) is 5.85. The topological polar surface area (TPSA) is 25.2 Å². The molecule has 2 aliphatic rings. The van der Waals surface area contributed by atoms with E-state index >= 15 is 0 Å². The Hall–Kier alpha value is -1.28. The molecular formula is C20H27NO. The van der Waals surface area contributed by atoms with Crippen LogP contribution in [0.5, 0.6) is 0 Å². The van der Waals surface area contributed by atoms with Gasteiger partial charge >= 0.3 is 0 Å². The Morgan fingerprint density at radius 3 is 2.68 bits per heavy atom. The fraction of sp³-hybridized carbons (Fsp3) is 0.600. The van der Waals surface area contributed by atoms with Crippen LogP contribution >= 0.6 is 0 Å². The van der Waals surface area contributed by atoms with E-state index in [9.17, 15) is 5.11 Å². The molecule has 2 aromatic rings. The lowest BCUT2D eigenvalue weighted by molar-refractivity contribution is 0.148. The van der Waals surface area contributed by atoms with Crippen LogP contribution in [-0.4, -0.2) is 9.67 Å². The van der Waals surface area contributed by atoms with Gasteiger partial charge in [-0.05, 0) is 68.2 Å². The number of aryl methyl sites for hydroxylation is 2. The summed E-state index contributed by atoms with van der Waals surface area (Å²) in [6.45, 7) is 3.14. The SMILES string of the molecule is CCn1c2c(c3cc(C4CCCCC4)ccc31)CCC[C@H]2O. The summed E-state index contributed by atoms with van der Waals surface area (Å²) in [7, 11) is 0. The lowest BCUT2D eigenvalue weighted by Crippen LogP contribution is -2.13. The van der Waals surface area contributed by atoms with E-state index in [4.69, 9.17) is 0 Å². The zero-order valence-corrected chi connectivity index (χ0v) is 13.6. The summed E-state index contributed by atoms with van der Waals surface area (Å²) in [5.74, 6) is 0.757. The van der Waals surface area contributed by atoms with Crippen molar-refractivity contribution in [3.05, 3.63) is 35.0 Å². The zero-order valence-electron chi connectivity index (χ0n) is 13.6. The fourth-order valence-electron chi connectivity index (χ4n) is 4.74. The molecule has 0 unspecified atom stereocenters. The fourth-order valence-corrected chi connectivity index (χ4v) is 4.74. The monoisotopic (exact) mass is 297 g/mol. The molecule has 0 spiro atoms.